The number of phenolic OH excluding ortho intramolecular Hbond substituents is 1. The van der Waals surface area contributed by atoms with Crippen LogP contribution < -0.4 is 15.5 Å². The molecule has 0 aromatic heterocycles. The molecule has 0 heterocycles. The van der Waals surface area contributed by atoms with Gasteiger partial charge in [-0.15, -0.1) is 0 Å². The van der Waals surface area contributed by atoms with E-state index in [0.29, 0.717) is 11.3 Å². The molecule has 3 N–H and O–H groups in total. The maximum absolute atomic E-state index is 12.1. The van der Waals surface area contributed by atoms with Crippen molar-refractivity contribution in [1.82, 2.24) is 5.43 Å². The fourth-order valence-electron chi connectivity index (χ4n) is 2.14. The first-order chi connectivity index (χ1) is 11.9. The quantitative estimate of drug-likeness (QED) is 0.507. The summed E-state index contributed by atoms with van der Waals surface area (Å²) in [4.78, 5) is 12.1. The number of phenols is 1. The van der Waals surface area contributed by atoms with E-state index in [4.69, 9.17) is 4.74 Å². The lowest BCUT2D eigenvalue weighted by Crippen LogP contribution is -2.35. The summed E-state index contributed by atoms with van der Waals surface area (Å²) < 4.78 is 5.80. The predicted octanol–water partition coefficient (Wildman–Crippen LogP) is 3.42. The van der Waals surface area contributed by atoms with Crippen LogP contribution in [0.4, 0.5) is 5.69 Å². The molecular weight excluding hydrogens is 386 g/mol. The van der Waals surface area contributed by atoms with Crippen molar-refractivity contribution in [2.24, 2.45) is 5.10 Å². The summed E-state index contributed by atoms with van der Waals surface area (Å²) in [5, 5.41) is 17.1. The fourth-order valence-corrected chi connectivity index (χ4v) is 2.60. The molecule has 2 aromatic rings. The Labute approximate surface area is 155 Å². The third-order valence-electron chi connectivity index (χ3n) is 3.58. The Kier molecular flexibility index (Phi) is 6.41. The van der Waals surface area contributed by atoms with E-state index in [2.05, 4.69) is 31.8 Å². The van der Waals surface area contributed by atoms with Crippen LogP contribution in [0.1, 0.15) is 18.1 Å². The minimum atomic E-state index is -0.469. The lowest BCUT2D eigenvalue weighted by molar-refractivity contribution is -0.121. The van der Waals surface area contributed by atoms with Gasteiger partial charge in [0.2, 0.25) is 0 Å². The van der Waals surface area contributed by atoms with Gasteiger partial charge >= 0.3 is 0 Å². The number of amides is 1. The molecule has 1 atom stereocenters. The molecule has 0 bridgehead atoms. The zero-order chi connectivity index (χ0) is 18.4. The topological polar surface area (TPSA) is 83.0 Å². The second kappa shape index (κ2) is 8.53. The number of benzene rings is 2. The number of rotatable bonds is 6. The lowest BCUT2D eigenvalue weighted by Gasteiger charge is -2.15. The highest BCUT2D eigenvalue weighted by Gasteiger charge is 2.13. The van der Waals surface area contributed by atoms with E-state index >= 15 is 0 Å². The lowest BCUT2D eigenvalue weighted by atomic mass is 10.2. The molecule has 2 aromatic carbocycles. The first-order valence-electron chi connectivity index (χ1n) is 7.64. The molecule has 0 saturated carbocycles. The number of halogens is 1. The smallest absolute Gasteiger partial charge is 0.262 e. The number of carbonyl (C=O) groups excluding carboxylic acids is 1. The molecule has 0 fully saturated rings. The van der Waals surface area contributed by atoms with Gasteiger partial charge in [0.1, 0.15) is 6.04 Å². The van der Waals surface area contributed by atoms with Gasteiger partial charge in [0.05, 0.1) is 13.3 Å². The van der Waals surface area contributed by atoms with E-state index in [-0.39, 0.29) is 11.7 Å². The number of nitrogens with one attached hydrogen (secondary N) is 2. The zero-order valence-corrected chi connectivity index (χ0v) is 15.8. The second-order valence-electron chi connectivity index (χ2n) is 5.46. The van der Waals surface area contributed by atoms with E-state index in [1.807, 2.05) is 31.2 Å². The van der Waals surface area contributed by atoms with Gasteiger partial charge in [0.15, 0.2) is 11.5 Å². The number of aromatic hydroxyl groups is 1. The van der Waals surface area contributed by atoms with Crippen molar-refractivity contribution >= 4 is 33.7 Å². The molecule has 0 aliphatic rings. The molecule has 2 rings (SSSR count). The van der Waals surface area contributed by atoms with Crippen LogP contribution in [0.15, 0.2) is 46.0 Å². The highest BCUT2D eigenvalue weighted by atomic mass is 79.9. The van der Waals surface area contributed by atoms with Crippen molar-refractivity contribution in [2.75, 3.05) is 12.4 Å². The maximum atomic E-state index is 12.1. The van der Waals surface area contributed by atoms with Gasteiger partial charge in [-0.05, 0) is 37.6 Å². The van der Waals surface area contributed by atoms with Crippen LogP contribution in [0.5, 0.6) is 11.5 Å². The van der Waals surface area contributed by atoms with E-state index in [0.717, 1.165) is 15.7 Å². The number of aryl methyl sites for hydroxylation is 1. The molecule has 0 saturated heterocycles. The number of ether oxygens (including phenoxy) is 1. The average molecular weight is 406 g/mol. The summed E-state index contributed by atoms with van der Waals surface area (Å²) in [6, 6.07) is 10.6. The highest BCUT2D eigenvalue weighted by molar-refractivity contribution is 9.10. The van der Waals surface area contributed by atoms with E-state index < -0.39 is 6.04 Å². The van der Waals surface area contributed by atoms with Crippen molar-refractivity contribution in [3.63, 3.8) is 0 Å². The Morgan fingerprint density at radius 3 is 2.76 bits per heavy atom. The van der Waals surface area contributed by atoms with Crippen molar-refractivity contribution in [3.8, 4) is 11.5 Å². The number of hydrogen-bond donors (Lipinski definition) is 3. The SMILES string of the molecule is COc1cc(Br)cc(/C=N\NC(=O)C(C)Nc2ccccc2C)c1O. The van der Waals surface area contributed by atoms with Gasteiger partial charge in [0, 0.05) is 15.7 Å². The normalized spacial score (nSPS) is 12.0. The molecular formula is C18H20BrN3O3. The largest absolute Gasteiger partial charge is 0.504 e. The summed E-state index contributed by atoms with van der Waals surface area (Å²) in [6.45, 7) is 3.71. The molecule has 1 unspecified atom stereocenters. The van der Waals surface area contributed by atoms with Crippen LogP contribution in [-0.2, 0) is 4.79 Å². The molecule has 7 heteroatoms. The number of anilines is 1. The maximum Gasteiger partial charge on any atom is 0.262 e. The third kappa shape index (κ3) is 4.96. The number of para-hydroxylation sites is 1. The first kappa shape index (κ1) is 18.8. The molecule has 6 nitrogen and oxygen atoms in total. The highest BCUT2D eigenvalue weighted by Crippen LogP contribution is 2.32. The van der Waals surface area contributed by atoms with E-state index in [1.54, 1.807) is 19.1 Å². The average Bonchev–Trinajstić information content (AvgIpc) is 2.59. The summed E-state index contributed by atoms with van der Waals surface area (Å²) in [6.07, 6.45) is 1.36. The number of methoxy groups -OCH3 is 1. The van der Waals surface area contributed by atoms with E-state index in [1.165, 1.54) is 13.3 Å². The molecule has 0 spiro atoms. The minimum absolute atomic E-state index is 0.0465. The van der Waals surface area contributed by atoms with Gasteiger partial charge in [0.25, 0.3) is 5.91 Å². The van der Waals surface area contributed by atoms with E-state index in [9.17, 15) is 9.90 Å². The van der Waals surface area contributed by atoms with Crippen LogP contribution in [0.25, 0.3) is 0 Å². The van der Waals surface area contributed by atoms with Crippen LogP contribution in [0, 0.1) is 6.92 Å². The summed E-state index contributed by atoms with van der Waals surface area (Å²) in [5.41, 5.74) is 4.82. The molecule has 25 heavy (non-hydrogen) atoms. The summed E-state index contributed by atoms with van der Waals surface area (Å²) >= 11 is 3.33. The molecule has 132 valence electrons. The van der Waals surface area contributed by atoms with Crippen molar-refractivity contribution in [2.45, 2.75) is 19.9 Å². The molecule has 1 amide bonds. The van der Waals surface area contributed by atoms with Gasteiger partial charge in [-0.3, -0.25) is 4.79 Å². The zero-order valence-electron chi connectivity index (χ0n) is 14.2. The van der Waals surface area contributed by atoms with Crippen LogP contribution in [-0.4, -0.2) is 30.4 Å². The van der Waals surface area contributed by atoms with Crippen LogP contribution in [0.2, 0.25) is 0 Å². The van der Waals surface area contributed by atoms with Gasteiger partial charge in [-0.25, -0.2) is 5.43 Å². The number of hydrazone groups is 1. The summed E-state index contributed by atoms with van der Waals surface area (Å²) in [7, 11) is 1.46. The minimum Gasteiger partial charge on any atom is -0.504 e. The first-order valence-corrected chi connectivity index (χ1v) is 8.43. The number of nitrogens with zero attached hydrogens (tertiary/aromatic N) is 1. The Morgan fingerprint density at radius 2 is 2.08 bits per heavy atom. The Balaban J connectivity index is 2.01. The standard InChI is InChI=1S/C18H20BrN3O3/c1-11-6-4-5-7-15(11)21-12(2)18(24)22-20-10-13-8-14(19)9-16(25-3)17(13)23/h4-10,12,21,23H,1-3H3,(H,22,24)/b20-10-. The predicted molar refractivity (Wildman–Crippen MR) is 102 cm³/mol. The van der Waals surface area contributed by atoms with Gasteiger partial charge in [-0.1, -0.05) is 34.1 Å². The number of hydrogen-bond acceptors (Lipinski definition) is 5. The Morgan fingerprint density at radius 1 is 1.36 bits per heavy atom. The molecule has 0 aliphatic heterocycles. The van der Waals surface area contributed by atoms with Crippen LogP contribution >= 0.6 is 15.9 Å². The molecule has 0 aliphatic carbocycles. The Bertz CT molecular complexity index is 793. The Hall–Kier alpha value is -2.54. The molecule has 0 radical (unpaired) electrons. The monoisotopic (exact) mass is 405 g/mol. The number of carbonyl (C=O) groups is 1. The fraction of sp³-hybridized carbons (Fsp3) is 0.222. The van der Waals surface area contributed by atoms with Crippen LogP contribution in [0.3, 0.4) is 0 Å². The second-order valence-corrected chi connectivity index (χ2v) is 6.38. The third-order valence-corrected chi connectivity index (χ3v) is 4.04. The van der Waals surface area contributed by atoms with Crippen molar-refractivity contribution in [3.05, 3.63) is 52.0 Å². The van der Waals surface area contributed by atoms with Crippen molar-refractivity contribution < 1.29 is 14.6 Å². The van der Waals surface area contributed by atoms with Gasteiger partial charge in [-0.2, -0.15) is 5.10 Å². The summed E-state index contributed by atoms with van der Waals surface area (Å²) in [5.74, 6) is -0.0209. The van der Waals surface area contributed by atoms with Gasteiger partial charge < -0.3 is 15.2 Å². The van der Waals surface area contributed by atoms with Crippen molar-refractivity contribution in [1.29, 1.82) is 0 Å².